The molecule has 0 fully saturated rings. The van der Waals surface area contributed by atoms with Gasteiger partial charge in [-0.3, -0.25) is 4.99 Å². The van der Waals surface area contributed by atoms with Crippen molar-refractivity contribution in [3.05, 3.63) is 35.1 Å². The van der Waals surface area contributed by atoms with E-state index in [2.05, 4.69) is 20.3 Å². The van der Waals surface area contributed by atoms with E-state index >= 15 is 0 Å². The molecule has 0 saturated carbocycles. The zero-order valence-electron chi connectivity index (χ0n) is 13.0. The molecule has 1 aromatic carbocycles. The van der Waals surface area contributed by atoms with E-state index in [1.807, 2.05) is 24.3 Å². The zero-order valence-corrected chi connectivity index (χ0v) is 15.4. The van der Waals surface area contributed by atoms with E-state index in [1.54, 1.807) is 28.0 Å². The van der Waals surface area contributed by atoms with Crippen LogP contribution in [0.25, 0.3) is 4.96 Å². The van der Waals surface area contributed by atoms with Gasteiger partial charge in [0.05, 0.1) is 12.3 Å². The predicted molar refractivity (Wildman–Crippen MR) is 100 cm³/mol. The van der Waals surface area contributed by atoms with Crippen LogP contribution in [-0.4, -0.2) is 43.1 Å². The summed E-state index contributed by atoms with van der Waals surface area (Å²) < 4.78 is 14.7. The fourth-order valence-corrected chi connectivity index (χ4v) is 5.35. The summed E-state index contributed by atoms with van der Waals surface area (Å²) in [5, 5.41) is 14.0. The molecule has 1 atom stereocenters. The molecule has 128 valence electrons. The van der Waals surface area contributed by atoms with Crippen molar-refractivity contribution in [3.8, 4) is 11.5 Å². The third kappa shape index (κ3) is 2.98. The van der Waals surface area contributed by atoms with Gasteiger partial charge in [-0.05, 0) is 12.1 Å². The van der Waals surface area contributed by atoms with Crippen molar-refractivity contribution in [1.82, 2.24) is 19.8 Å². The van der Waals surface area contributed by atoms with Crippen molar-refractivity contribution in [2.24, 2.45) is 4.99 Å². The third-order valence-electron chi connectivity index (χ3n) is 3.74. The minimum atomic E-state index is -0.225. The van der Waals surface area contributed by atoms with Gasteiger partial charge in [-0.25, -0.2) is 0 Å². The third-order valence-corrected chi connectivity index (χ3v) is 6.98. The van der Waals surface area contributed by atoms with Crippen LogP contribution in [0.2, 0.25) is 0 Å². The number of benzene rings is 1. The first-order valence-corrected chi connectivity index (χ1v) is 10.5. The van der Waals surface area contributed by atoms with Gasteiger partial charge in [-0.1, -0.05) is 47.0 Å². The van der Waals surface area contributed by atoms with Crippen LogP contribution in [0.5, 0.6) is 11.5 Å². The predicted octanol–water partition coefficient (Wildman–Crippen LogP) is 3.03. The first-order valence-electron chi connectivity index (χ1n) is 7.76. The molecule has 0 unspecified atom stereocenters. The number of ether oxygens (including phenoxy) is 2. The van der Waals surface area contributed by atoms with E-state index < -0.39 is 0 Å². The van der Waals surface area contributed by atoms with Crippen LogP contribution in [0, 0.1) is 0 Å². The maximum Gasteiger partial charge on any atom is 0.234 e. The Morgan fingerprint density at radius 1 is 1.24 bits per heavy atom. The molecule has 3 aromatic rings. The lowest BCUT2D eigenvalue weighted by molar-refractivity contribution is 0.0904. The Morgan fingerprint density at radius 3 is 3.04 bits per heavy atom. The number of aliphatic imine (C=N–C) groups is 1. The number of aromatic nitrogens is 4. The van der Waals surface area contributed by atoms with Crippen LogP contribution in [0.15, 0.2) is 29.3 Å². The zero-order chi connectivity index (χ0) is 16.6. The SMILES string of the molecule is c1ccc2c(c1)OC[C@H](c1nn3c(CSC4=NCCS4)nnc3s1)O2. The van der Waals surface area contributed by atoms with E-state index in [4.69, 9.17) is 9.47 Å². The molecule has 5 rings (SSSR count). The summed E-state index contributed by atoms with van der Waals surface area (Å²) in [6.07, 6.45) is -0.225. The second kappa shape index (κ2) is 6.50. The van der Waals surface area contributed by atoms with Crippen LogP contribution in [0.1, 0.15) is 16.9 Å². The second-order valence-corrected chi connectivity index (χ2v) is 8.69. The van der Waals surface area contributed by atoms with Gasteiger partial charge in [0.15, 0.2) is 28.4 Å². The fourth-order valence-electron chi connectivity index (χ4n) is 2.56. The Bertz CT molecular complexity index is 954. The van der Waals surface area contributed by atoms with Crippen molar-refractivity contribution < 1.29 is 9.47 Å². The Morgan fingerprint density at radius 2 is 2.16 bits per heavy atom. The molecule has 25 heavy (non-hydrogen) atoms. The van der Waals surface area contributed by atoms with Crippen LogP contribution in [0.3, 0.4) is 0 Å². The highest BCUT2D eigenvalue weighted by molar-refractivity contribution is 8.38. The Hall–Kier alpha value is -1.78. The Kier molecular flexibility index (Phi) is 4.03. The topological polar surface area (TPSA) is 73.9 Å². The summed E-state index contributed by atoms with van der Waals surface area (Å²) in [7, 11) is 0. The van der Waals surface area contributed by atoms with Crippen LogP contribution < -0.4 is 9.47 Å². The normalized spacial score (nSPS) is 19.4. The maximum absolute atomic E-state index is 6.03. The van der Waals surface area contributed by atoms with Crippen LogP contribution in [-0.2, 0) is 5.75 Å². The van der Waals surface area contributed by atoms with Crippen molar-refractivity contribution in [1.29, 1.82) is 0 Å². The van der Waals surface area contributed by atoms with Crippen molar-refractivity contribution in [2.75, 3.05) is 18.9 Å². The summed E-state index contributed by atoms with van der Waals surface area (Å²) in [5.41, 5.74) is 0. The van der Waals surface area contributed by atoms with Gasteiger partial charge in [-0.2, -0.15) is 9.61 Å². The first-order chi connectivity index (χ1) is 12.4. The highest BCUT2D eigenvalue weighted by Gasteiger charge is 2.27. The van der Waals surface area contributed by atoms with Gasteiger partial charge in [0.2, 0.25) is 4.96 Å². The molecular weight excluding hydrogens is 378 g/mol. The van der Waals surface area contributed by atoms with Gasteiger partial charge < -0.3 is 9.47 Å². The summed E-state index contributed by atoms with van der Waals surface area (Å²) >= 11 is 4.97. The van der Waals surface area contributed by atoms with Gasteiger partial charge in [0.25, 0.3) is 0 Å². The highest BCUT2D eigenvalue weighted by Crippen LogP contribution is 2.37. The molecule has 2 aliphatic rings. The van der Waals surface area contributed by atoms with Gasteiger partial charge in [0.1, 0.15) is 11.0 Å². The molecule has 0 bridgehead atoms. The van der Waals surface area contributed by atoms with Gasteiger partial charge in [0, 0.05) is 5.75 Å². The summed E-state index contributed by atoms with van der Waals surface area (Å²) in [4.78, 5) is 5.22. The number of fused-ring (bicyclic) bond motifs is 2. The molecule has 10 heteroatoms. The lowest BCUT2D eigenvalue weighted by atomic mass is 10.3. The lowest BCUT2D eigenvalue weighted by Crippen LogP contribution is -2.21. The Balaban J connectivity index is 1.36. The largest absolute Gasteiger partial charge is 0.485 e. The number of nitrogens with zero attached hydrogens (tertiary/aromatic N) is 5. The second-order valence-electron chi connectivity index (χ2n) is 5.40. The standard InChI is InChI=1S/C15H13N5O2S3/c1-2-4-10-9(3-1)21-7-11(22-10)13-19-20-12(17-18-14(20)25-13)8-24-15-16-5-6-23-15/h1-4,11H,5-8H2/t11-/m1/s1. The van der Waals surface area contributed by atoms with E-state index in [0.717, 1.165) is 44.0 Å². The number of hydrogen-bond acceptors (Lipinski definition) is 9. The van der Waals surface area contributed by atoms with E-state index in [-0.39, 0.29) is 6.10 Å². The maximum atomic E-state index is 6.03. The average molecular weight is 392 g/mol. The first kappa shape index (κ1) is 15.5. The molecule has 0 radical (unpaired) electrons. The summed E-state index contributed by atoms with van der Waals surface area (Å²) in [5.74, 6) is 4.13. The average Bonchev–Trinajstić information content (AvgIpc) is 3.37. The van der Waals surface area contributed by atoms with Gasteiger partial charge in [-0.15, -0.1) is 10.2 Å². The van der Waals surface area contributed by atoms with Crippen molar-refractivity contribution in [3.63, 3.8) is 0 Å². The fraction of sp³-hybridized carbons (Fsp3) is 0.333. The molecule has 0 N–H and O–H groups in total. The minimum absolute atomic E-state index is 0.225. The molecule has 4 heterocycles. The molecular formula is C15H13N5O2S3. The summed E-state index contributed by atoms with van der Waals surface area (Å²) in [6, 6.07) is 7.68. The molecule has 2 aromatic heterocycles. The number of thioether (sulfide) groups is 2. The van der Waals surface area contributed by atoms with Crippen LogP contribution >= 0.6 is 34.9 Å². The van der Waals surface area contributed by atoms with Crippen LogP contribution in [0.4, 0.5) is 0 Å². The molecule has 0 aliphatic carbocycles. The molecule has 0 saturated heterocycles. The van der Waals surface area contributed by atoms with Crippen molar-refractivity contribution in [2.45, 2.75) is 11.9 Å². The van der Waals surface area contributed by atoms with E-state index in [0.29, 0.717) is 12.4 Å². The van der Waals surface area contributed by atoms with Gasteiger partial charge >= 0.3 is 0 Å². The lowest BCUT2D eigenvalue weighted by Gasteiger charge is -2.24. The van der Waals surface area contributed by atoms with E-state index in [1.165, 1.54) is 11.3 Å². The highest BCUT2D eigenvalue weighted by atomic mass is 32.2. The smallest absolute Gasteiger partial charge is 0.234 e. The molecule has 0 amide bonds. The van der Waals surface area contributed by atoms with E-state index in [9.17, 15) is 0 Å². The number of para-hydroxylation sites is 2. The Labute approximate surface area is 155 Å². The minimum Gasteiger partial charge on any atom is -0.485 e. The summed E-state index contributed by atoms with van der Waals surface area (Å²) in [6.45, 7) is 1.35. The molecule has 7 nitrogen and oxygen atoms in total. The molecule has 0 spiro atoms. The quantitative estimate of drug-likeness (QED) is 0.679. The monoisotopic (exact) mass is 391 g/mol. The number of rotatable bonds is 3. The molecule has 2 aliphatic heterocycles. The number of hydrogen-bond donors (Lipinski definition) is 0. The van der Waals surface area contributed by atoms with Crippen molar-refractivity contribution >= 4 is 44.2 Å².